The summed E-state index contributed by atoms with van der Waals surface area (Å²) >= 11 is 6.84. The first-order chi connectivity index (χ1) is 21.8. The van der Waals surface area contributed by atoms with E-state index in [1.54, 1.807) is 18.2 Å². The number of amides is 2. The van der Waals surface area contributed by atoms with E-state index in [4.69, 9.17) is 21.1 Å². The number of hydrogen-bond acceptors (Lipinski definition) is 7. The van der Waals surface area contributed by atoms with Gasteiger partial charge in [0, 0.05) is 50.0 Å². The lowest BCUT2D eigenvalue weighted by molar-refractivity contribution is -0.106. The maximum atomic E-state index is 13.3. The number of piperidine rings is 1. The number of aryl methyl sites for hydroxylation is 1. The molecular formula is C35H38ClN5O4. The maximum Gasteiger partial charge on any atom is 0.274 e. The number of nitrogens with zero attached hydrogens (tertiary/aromatic N) is 3. The van der Waals surface area contributed by atoms with Crippen LogP contribution in [0.15, 0.2) is 67.0 Å². The summed E-state index contributed by atoms with van der Waals surface area (Å²) in [4.78, 5) is 37.5. The van der Waals surface area contributed by atoms with Gasteiger partial charge < -0.3 is 20.1 Å². The van der Waals surface area contributed by atoms with Gasteiger partial charge in [-0.2, -0.15) is 0 Å². The number of carbonyl (C=O) groups is 2. The number of hydrogen-bond donors (Lipinski definition) is 2. The van der Waals surface area contributed by atoms with Gasteiger partial charge in [-0.1, -0.05) is 48.4 Å². The summed E-state index contributed by atoms with van der Waals surface area (Å²) in [5.74, 6) is -0.690. The fraction of sp³-hybridized carbons (Fsp3) is 0.314. The molecule has 0 aliphatic carbocycles. The molecule has 3 heterocycles. The largest absolute Gasteiger partial charge is 0.352 e. The van der Waals surface area contributed by atoms with Crippen molar-refractivity contribution >= 4 is 34.8 Å². The van der Waals surface area contributed by atoms with Crippen molar-refractivity contribution in [2.45, 2.75) is 45.9 Å². The van der Waals surface area contributed by atoms with Crippen LogP contribution in [0.2, 0.25) is 5.02 Å². The Bertz CT molecular complexity index is 1670. The highest BCUT2D eigenvalue weighted by atomic mass is 35.5. The number of halogens is 1. The molecule has 45 heavy (non-hydrogen) atoms. The van der Waals surface area contributed by atoms with Crippen molar-refractivity contribution in [3.63, 3.8) is 0 Å². The van der Waals surface area contributed by atoms with Gasteiger partial charge in [-0.3, -0.25) is 24.5 Å². The molecule has 10 heteroatoms. The van der Waals surface area contributed by atoms with Gasteiger partial charge in [0.2, 0.25) is 0 Å². The van der Waals surface area contributed by atoms with E-state index in [2.05, 4.69) is 25.5 Å². The highest BCUT2D eigenvalue weighted by Crippen LogP contribution is 2.37. The summed E-state index contributed by atoms with van der Waals surface area (Å²) in [7, 11) is 3.06. The molecule has 9 nitrogen and oxygen atoms in total. The van der Waals surface area contributed by atoms with E-state index in [9.17, 15) is 9.59 Å². The molecule has 2 aromatic heterocycles. The van der Waals surface area contributed by atoms with Crippen LogP contribution in [-0.4, -0.2) is 54.0 Å². The van der Waals surface area contributed by atoms with Gasteiger partial charge in [-0.05, 0) is 86.3 Å². The zero-order valence-electron chi connectivity index (χ0n) is 26.0. The van der Waals surface area contributed by atoms with E-state index >= 15 is 0 Å². The molecule has 0 bridgehead atoms. The molecule has 1 aliphatic heterocycles. The third-order valence-corrected chi connectivity index (χ3v) is 8.54. The van der Waals surface area contributed by atoms with Gasteiger partial charge in [0.15, 0.2) is 6.29 Å². The normalized spacial score (nSPS) is 13.6. The van der Waals surface area contributed by atoms with Crippen molar-refractivity contribution in [2.75, 3.05) is 37.9 Å². The van der Waals surface area contributed by atoms with Gasteiger partial charge in [-0.15, -0.1) is 0 Å². The molecule has 234 valence electrons. The first-order valence-electron chi connectivity index (χ1n) is 15.0. The molecule has 4 aromatic rings. The van der Waals surface area contributed by atoms with E-state index in [1.807, 2.05) is 56.4 Å². The van der Waals surface area contributed by atoms with Crippen molar-refractivity contribution in [3.05, 3.63) is 106 Å². The van der Waals surface area contributed by atoms with E-state index in [-0.39, 0.29) is 11.6 Å². The molecule has 1 aliphatic rings. The Morgan fingerprint density at radius 2 is 1.49 bits per heavy atom. The van der Waals surface area contributed by atoms with Crippen molar-refractivity contribution in [1.82, 2.24) is 14.9 Å². The summed E-state index contributed by atoms with van der Waals surface area (Å²) in [5.41, 5.74) is 6.92. The number of ether oxygens (including phenoxy) is 2. The quantitative estimate of drug-likeness (QED) is 0.179. The van der Waals surface area contributed by atoms with E-state index in [0.717, 1.165) is 41.9 Å². The summed E-state index contributed by atoms with van der Waals surface area (Å²) in [6.45, 7) is 7.01. The van der Waals surface area contributed by atoms with Crippen molar-refractivity contribution in [3.8, 4) is 11.1 Å². The summed E-state index contributed by atoms with van der Waals surface area (Å²) in [6.07, 6.45) is 6.54. The molecule has 2 amide bonds. The molecule has 2 N–H and O–H groups in total. The Labute approximate surface area is 268 Å². The second-order valence-corrected chi connectivity index (χ2v) is 11.5. The molecule has 0 unspecified atom stereocenters. The lowest BCUT2D eigenvalue weighted by Gasteiger charge is -2.26. The number of rotatable bonds is 10. The van der Waals surface area contributed by atoms with Gasteiger partial charge in [0.05, 0.1) is 10.7 Å². The fourth-order valence-corrected chi connectivity index (χ4v) is 5.83. The molecule has 0 radical (unpaired) electrons. The van der Waals surface area contributed by atoms with Crippen LogP contribution in [0.4, 0.5) is 11.4 Å². The van der Waals surface area contributed by atoms with Crippen LogP contribution in [0.5, 0.6) is 0 Å². The Morgan fingerprint density at radius 3 is 2.16 bits per heavy atom. The predicted molar refractivity (Wildman–Crippen MR) is 177 cm³/mol. The third kappa shape index (κ3) is 7.57. The van der Waals surface area contributed by atoms with Crippen LogP contribution in [0.1, 0.15) is 68.8 Å². The van der Waals surface area contributed by atoms with Crippen molar-refractivity contribution in [1.29, 1.82) is 0 Å². The number of likely N-dealkylation sites (tertiary alicyclic amines) is 1. The average Bonchev–Trinajstić information content (AvgIpc) is 3.05. The Balaban J connectivity index is 1.30. The third-order valence-electron chi connectivity index (χ3n) is 8.13. The fourth-order valence-electron chi connectivity index (χ4n) is 5.55. The molecule has 0 spiro atoms. The monoisotopic (exact) mass is 627 g/mol. The maximum absolute atomic E-state index is 13.3. The lowest BCUT2D eigenvalue weighted by Crippen LogP contribution is -2.29. The smallest absolute Gasteiger partial charge is 0.274 e. The first-order valence-corrected chi connectivity index (χ1v) is 15.4. The Hall–Kier alpha value is -4.15. The van der Waals surface area contributed by atoms with Crippen LogP contribution in [0, 0.1) is 13.8 Å². The van der Waals surface area contributed by atoms with Gasteiger partial charge >= 0.3 is 0 Å². The van der Waals surface area contributed by atoms with Crippen LogP contribution in [-0.2, 0) is 16.0 Å². The molecule has 1 fully saturated rings. The van der Waals surface area contributed by atoms with Crippen molar-refractivity contribution < 1.29 is 19.1 Å². The summed E-state index contributed by atoms with van der Waals surface area (Å²) in [6, 6.07) is 16.2. The van der Waals surface area contributed by atoms with Crippen LogP contribution >= 0.6 is 11.6 Å². The molecule has 2 aromatic carbocycles. The zero-order valence-corrected chi connectivity index (χ0v) is 26.8. The van der Waals surface area contributed by atoms with E-state index < -0.39 is 12.2 Å². The molecule has 0 saturated carbocycles. The summed E-state index contributed by atoms with van der Waals surface area (Å²) < 4.78 is 10.5. The van der Waals surface area contributed by atoms with Gasteiger partial charge in [-0.25, -0.2) is 0 Å². The van der Waals surface area contributed by atoms with Crippen molar-refractivity contribution in [2.24, 2.45) is 0 Å². The Morgan fingerprint density at radius 1 is 0.844 bits per heavy atom. The zero-order chi connectivity index (χ0) is 31.9. The highest BCUT2D eigenvalue weighted by Gasteiger charge is 2.19. The second-order valence-electron chi connectivity index (χ2n) is 11.2. The SMILES string of the molecule is COC(OC)c1ccc(C(=O)Nc2cccc(-c3cccc(NC(=O)c4cc(C)c(CN5CCCCC5)cn4)c3C)c2Cl)nc1. The number of carbonyl (C=O) groups excluding carboxylic acids is 2. The molecule has 0 atom stereocenters. The number of aromatic nitrogens is 2. The predicted octanol–water partition coefficient (Wildman–Crippen LogP) is 7.20. The van der Waals surface area contributed by atoms with E-state index in [0.29, 0.717) is 33.2 Å². The molecular weight excluding hydrogens is 590 g/mol. The minimum absolute atomic E-state index is 0.218. The lowest BCUT2D eigenvalue weighted by atomic mass is 9.98. The standard InChI is InChI=1S/C35H38ClN5O4/c1-22-18-31(38-20-25(22)21-41-16-6-5-7-17-41)34(43)39-28-12-8-10-26(23(28)2)27-11-9-13-29(32(27)36)40-33(42)30-15-14-24(19-37-30)35(44-3)45-4/h8-15,18-20,35H,5-7,16-17,21H2,1-4H3,(H,39,43)(H,40,42). The number of nitrogens with one attached hydrogen (secondary N) is 2. The number of benzene rings is 2. The van der Waals surface area contributed by atoms with Gasteiger partial charge in [0.25, 0.3) is 11.8 Å². The average molecular weight is 628 g/mol. The summed E-state index contributed by atoms with van der Waals surface area (Å²) in [5, 5.41) is 6.25. The number of methoxy groups -OCH3 is 2. The topological polar surface area (TPSA) is 106 Å². The minimum atomic E-state index is -0.570. The second kappa shape index (κ2) is 14.8. The number of pyridine rings is 2. The van der Waals surface area contributed by atoms with Crippen LogP contribution < -0.4 is 10.6 Å². The van der Waals surface area contributed by atoms with Crippen LogP contribution in [0.25, 0.3) is 11.1 Å². The minimum Gasteiger partial charge on any atom is -0.352 e. The van der Waals surface area contributed by atoms with Crippen LogP contribution in [0.3, 0.4) is 0 Å². The highest BCUT2D eigenvalue weighted by molar-refractivity contribution is 6.36. The van der Waals surface area contributed by atoms with E-state index in [1.165, 1.54) is 39.7 Å². The first kappa shape index (κ1) is 32.2. The molecule has 1 saturated heterocycles. The Kier molecular flexibility index (Phi) is 10.6. The molecule has 5 rings (SSSR count). The number of anilines is 2. The van der Waals surface area contributed by atoms with Gasteiger partial charge in [0.1, 0.15) is 11.4 Å².